The van der Waals surface area contributed by atoms with E-state index in [2.05, 4.69) is 4.99 Å². The highest BCUT2D eigenvalue weighted by atomic mass is 32.2. The highest BCUT2D eigenvalue weighted by Crippen LogP contribution is 2.38. The molecule has 1 N–H and O–H groups in total. The maximum Gasteiger partial charge on any atom is 0.341 e. The average Bonchev–Trinajstić information content (AvgIpc) is 2.68. The Morgan fingerprint density at radius 1 is 1.43 bits per heavy atom. The molecule has 0 amide bonds. The molecule has 0 unspecified atom stereocenters. The van der Waals surface area contributed by atoms with E-state index in [1.165, 1.54) is 7.11 Å². The Kier molecular flexibility index (Phi) is 4.59. The zero-order valence-electron chi connectivity index (χ0n) is 13.7. The lowest BCUT2D eigenvalue weighted by molar-refractivity contribution is -0.684. The summed E-state index contributed by atoms with van der Waals surface area (Å²) in [5.74, 6) is -0.101. The Labute approximate surface area is 135 Å². The summed E-state index contributed by atoms with van der Waals surface area (Å²) in [7, 11) is -2.70. The second-order valence-corrected chi connectivity index (χ2v) is 7.68. The number of fused-ring (bicyclic) bond motifs is 1. The van der Waals surface area contributed by atoms with Crippen LogP contribution in [0.15, 0.2) is 17.3 Å². The number of ether oxygens (including phenoxy) is 1. The Bertz CT molecular complexity index is 781. The van der Waals surface area contributed by atoms with Crippen LogP contribution >= 0.6 is 0 Å². The van der Waals surface area contributed by atoms with Gasteiger partial charge >= 0.3 is 11.8 Å². The smallest absolute Gasteiger partial charge is 0.341 e. The average molecular weight is 341 g/mol. The third-order valence-electron chi connectivity index (χ3n) is 4.18. The van der Waals surface area contributed by atoms with E-state index in [4.69, 9.17) is 9.29 Å². The molecule has 0 aromatic carbocycles. The minimum atomic E-state index is -4.01. The molecule has 0 saturated heterocycles. The molecule has 1 aromatic rings. The van der Waals surface area contributed by atoms with Gasteiger partial charge < -0.3 is 4.74 Å². The Morgan fingerprint density at radius 2 is 2.09 bits per heavy atom. The van der Waals surface area contributed by atoms with Gasteiger partial charge in [-0.15, -0.1) is 0 Å². The first-order valence-electron chi connectivity index (χ1n) is 7.23. The first-order chi connectivity index (χ1) is 10.6. The number of aliphatic imine (C=N–C) groups is 1. The largest absolute Gasteiger partial charge is 0.465 e. The van der Waals surface area contributed by atoms with E-state index < -0.39 is 16.1 Å². The monoisotopic (exact) mass is 341 g/mol. The van der Waals surface area contributed by atoms with Crippen LogP contribution in [0.3, 0.4) is 0 Å². The molecule has 2 heterocycles. The fourth-order valence-corrected chi connectivity index (χ4v) is 3.03. The fourth-order valence-electron chi connectivity index (χ4n) is 2.54. The Balaban J connectivity index is 2.44. The molecule has 1 aliphatic rings. The number of nitrogens with zero attached hydrogens (tertiary/aromatic N) is 2. The molecule has 1 aromatic heterocycles. The number of pyridine rings is 1. The van der Waals surface area contributed by atoms with Crippen molar-refractivity contribution in [2.45, 2.75) is 39.2 Å². The van der Waals surface area contributed by atoms with Gasteiger partial charge in [-0.05, 0) is 31.8 Å². The van der Waals surface area contributed by atoms with Crippen LogP contribution in [0.25, 0.3) is 0 Å². The molecule has 0 fully saturated rings. The van der Waals surface area contributed by atoms with Crippen LogP contribution in [-0.2, 0) is 26.8 Å². The highest BCUT2D eigenvalue weighted by Gasteiger charge is 2.41. The summed E-state index contributed by atoms with van der Waals surface area (Å²) in [6.07, 6.45) is 1.82. The van der Waals surface area contributed by atoms with Crippen molar-refractivity contribution in [2.24, 2.45) is 4.99 Å². The van der Waals surface area contributed by atoms with E-state index in [0.717, 1.165) is 11.3 Å². The van der Waals surface area contributed by atoms with Crippen LogP contribution in [0.5, 0.6) is 0 Å². The van der Waals surface area contributed by atoms with E-state index in [-0.39, 0.29) is 17.6 Å². The van der Waals surface area contributed by atoms with Crippen LogP contribution in [0.1, 0.15) is 43.1 Å². The Morgan fingerprint density at radius 3 is 2.65 bits per heavy atom. The van der Waals surface area contributed by atoms with Crippen molar-refractivity contribution in [1.82, 2.24) is 0 Å². The molecule has 1 aliphatic heterocycles. The second kappa shape index (κ2) is 6.01. The number of aryl methyl sites for hydroxylation is 1. The van der Waals surface area contributed by atoms with Gasteiger partial charge in [0.05, 0.1) is 35.9 Å². The van der Waals surface area contributed by atoms with Gasteiger partial charge in [-0.2, -0.15) is 8.42 Å². The molecule has 0 aliphatic carbocycles. The lowest BCUT2D eigenvalue weighted by atomic mass is 9.82. The zero-order valence-corrected chi connectivity index (χ0v) is 14.5. The van der Waals surface area contributed by atoms with Gasteiger partial charge in [0.15, 0.2) is 0 Å². The van der Waals surface area contributed by atoms with Gasteiger partial charge in [0.1, 0.15) is 11.9 Å². The number of carbonyl (C=O) groups is 1. The highest BCUT2D eigenvalue weighted by molar-refractivity contribution is 7.85. The van der Waals surface area contributed by atoms with Gasteiger partial charge in [-0.3, -0.25) is 4.55 Å². The number of hydrogen-bond acceptors (Lipinski definition) is 5. The van der Waals surface area contributed by atoms with E-state index >= 15 is 0 Å². The van der Waals surface area contributed by atoms with E-state index in [0.29, 0.717) is 17.9 Å². The van der Waals surface area contributed by atoms with E-state index in [1.54, 1.807) is 16.8 Å². The molecule has 0 atom stereocenters. The van der Waals surface area contributed by atoms with Crippen LogP contribution in [0, 0.1) is 0 Å². The van der Waals surface area contributed by atoms with Gasteiger partial charge in [-0.1, -0.05) is 0 Å². The molecule has 0 bridgehead atoms. The molecule has 0 saturated carbocycles. The molecule has 7 nitrogen and oxygen atoms in total. The SMILES string of the molecule is COC(=O)c1cc2c([n+](CCCS(=O)(=O)O)c1)N=C(C)C2(C)C. The number of methoxy groups -OCH3 is 1. The third-order valence-corrected chi connectivity index (χ3v) is 4.99. The lowest BCUT2D eigenvalue weighted by Gasteiger charge is -2.17. The van der Waals surface area contributed by atoms with Crippen molar-refractivity contribution >= 4 is 27.6 Å². The summed E-state index contributed by atoms with van der Waals surface area (Å²) in [6.45, 7) is 6.27. The van der Waals surface area contributed by atoms with Crippen LogP contribution in [-0.4, -0.2) is 37.5 Å². The summed E-state index contributed by atoms with van der Waals surface area (Å²) in [5, 5.41) is 0. The van der Waals surface area contributed by atoms with Crippen LogP contribution < -0.4 is 4.57 Å². The van der Waals surface area contributed by atoms with Crippen molar-refractivity contribution in [2.75, 3.05) is 12.9 Å². The summed E-state index contributed by atoms with van der Waals surface area (Å²) in [4.78, 5) is 16.4. The predicted molar refractivity (Wildman–Crippen MR) is 84.8 cm³/mol. The van der Waals surface area contributed by atoms with E-state index in [1.807, 2.05) is 20.8 Å². The maximum atomic E-state index is 11.9. The minimum Gasteiger partial charge on any atom is -0.465 e. The van der Waals surface area contributed by atoms with Crippen molar-refractivity contribution in [3.05, 3.63) is 23.4 Å². The normalized spacial score (nSPS) is 16.0. The van der Waals surface area contributed by atoms with Crippen molar-refractivity contribution in [3.8, 4) is 0 Å². The molecule has 2 rings (SSSR count). The predicted octanol–water partition coefficient (Wildman–Crippen LogP) is 1.42. The Hall–Kier alpha value is -1.80. The summed E-state index contributed by atoms with van der Waals surface area (Å²) < 4.78 is 37.1. The molecule has 23 heavy (non-hydrogen) atoms. The molecule has 126 valence electrons. The summed E-state index contributed by atoms with van der Waals surface area (Å²) in [5.41, 5.74) is 1.88. The third kappa shape index (κ3) is 3.59. The number of hydrogen-bond donors (Lipinski definition) is 1. The summed E-state index contributed by atoms with van der Waals surface area (Å²) >= 11 is 0. The van der Waals surface area contributed by atoms with Crippen molar-refractivity contribution in [1.29, 1.82) is 0 Å². The number of rotatable bonds is 5. The quantitative estimate of drug-likeness (QED) is 0.496. The summed E-state index contributed by atoms with van der Waals surface area (Å²) in [6, 6.07) is 1.76. The number of aromatic nitrogens is 1. The number of esters is 1. The van der Waals surface area contributed by atoms with Crippen LogP contribution in [0.2, 0.25) is 0 Å². The molecule has 0 spiro atoms. The standard InChI is InChI=1S/C15H20N2O5S/c1-10-15(2,3)12-8-11(14(18)22-4)9-17(13(12)16-10)6-5-7-23(19,20)21/h8-9H,5-7H2,1-4H3/p+1. The zero-order chi connectivity index (χ0) is 17.4. The van der Waals surface area contributed by atoms with Gasteiger partial charge in [0.25, 0.3) is 10.1 Å². The topological polar surface area (TPSA) is 96.9 Å². The lowest BCUT2D eigenvalue weighted by Crippen LogP contribution is -2.37. The van der Waals surface area contributed by atoms with Crippen LogP contribution in [0.4, 0.5) is 5.82 Å². The molecular formula is C15H21N2O5S+. The van der Waals surface area contributed by atoms with Gasteiger partial charge in [0, 0.05) is 6.42 Å². The van der Waals surface area contributed by atoms with Crippen molar-refractivity contribution < 1.29 is 27.1 Å². The first kappa shape index (κ1) is 17.6. The van der Waals surface area contributed by atoms with Gasteiger partial charge in [0.2, 0.25) is 0 Å². The second-order valence-electron chi connectivity index (χ2n) is 6.11. The maximum absolute atomic E-state index is 11.9. The number of carbonyl (C=O) groups excluding carboxylic acids is 1. The van der Waals surface area contributed by atoms with E-state index in [9.17, 15) is 13.2 Å². The first-order valence-corrected chi connectivity index (χ1v) is 8.84. The minimum absolute atomic E-state index is 0.218. The van der Waals surface area contributed by atoms with Gasteiger partial charge in [-0.25, -0.2) is 9.36 Å². The molecular weight excluding hydrogens is 320 g/mol. The van der Waals surface area contributed by atoms with Crippen molar-refractivity contribution in [3.63, 3.8) is 0 Å². The molecule has 0 radical (unpaired) electrons. The molecule has 8 heteroatoms. The fraction of sp³-hybridized carbons (Fsp3) is 0.533.